The molecule has 2 rings (SSSR count). The summed E-state index contributed by atoms with van der Waals surface area (Å²) in [4.78, 5) is 23.0. The molecular weight excluding hydrogens is 265 g/mol. The van der Waals surface area contributed by atoms with Gasteiger partial charge in [0.1, 0.15) is 24.6 Å². The third-order valence-corrected chi connectivity index (χ3v) is 4.16. The number of alkyl halides is 1. The molecule has 1 heterocycles. The minimum atomic E-state index is -1.84. The lowest BCUT2D eigenvalue weighted by molar-refractivity contribution is -0.916. The Kier molecular flexibility index (Phi) is 3.52. The highest BCUT2D eigenvalue weighted by Crippen LogP contribution is 2.40. The summed E-state index contributed by atoms with van der Waals surface area (Å²) in [7, 11) is 0. The molecule has 1 aliphatic heterocycles. The Balaban J connectivity index is 2.48. The monoisotopic (exact) mass is 280 g/mol. The van der Waals surface area contributed by atoms with Crippen LogP contribution in [0.4, 0.5) is 9.18 Å². The minimum Gasteiger partial charge on any atom is -0.544 e. The predicted molar refractivity (Wildman–Crippen MR) is 63.6 cm³/mol. The molecule has 0 saturated carbocycles. The number of carboxylic acids is 1. The molecule has 0 spiro atoms. The molecule has 1 saturated heterocycles. The van der Waals surface area contributed by atoms with Crippen LogP contribution >= 0.6 is 0 Å². The first-order valence-corrected chi connectivity index (χ1v) is 6.30. The summed E-state index contributed by atoms with van der Waals surface area (Å²) in [5, 5.41) is 23.0. The highest BCUT2D eigenvalue weighted by molar-refractivity contribution is 5.77. The predicted octanol–water partition coefficient (Wildman–Crippen LogP) is -0.403. The van der Waals surface area contributed by atoms with Crippen LogP contribution in [0.1, 0.15) is 18.9 Å². The lowest BCUT2D eigenvalue weighted by atomic mass is 9.95. The Morgan fingerprint density at radius 2 is 1.95 bits per heavy atom. The maximum absolute atomic E-state index is 13.7. The van der Waals surface area contributed by atoms with Crippen LogP contribution in [0.3, 0.4) is 0 Å². The van der Waals surface area contributed by atoms with Gasteiger partial charge in [0.15, 0.2) is 6.17 Å². The second kappa shape index (κ2) is 4.86. The smallest absolute Gasteiger partial charge is 0.258 e. The fourth-order valence-corrected chi connectivity index (χ4v) is 2.94. The van der Waals surface area contributed by atoms with Gasteiger partial charge in [0.2, 0.25) is 0 Å². The van der Waals surface area contributed by atoms with E-state index in [1.807, 2.05) is 0 Å². The fourth-order valence-electron chi connectivity index (χ4n) is 2.94. The summed E-state index contributed by atoms with van der Waals surface area (Å²) in [5.41, 5.74) is -1.23. The Morgan fingerprint density at radius 1 is 1.35 bits per heavy atom. The van der Waals surface area contributed by atoms with Gasteiger partial charge in [0, 0.05) is 12.0 Å². The van der Waals surface area contributed by atoms with Crippen LogP contribution in [0.25, 0.3) is 0 Å². The summed E-state index contributed by atoms with van der Waals surface area (Å²) in [6, 6.07) is 8.52. The van der Waals surface area contributed by atoms with Crippen molar-refractivity contribution in [2.75, 3.05) is 6.54 Å². The highest BCUT2D eigenvalue weighted by Gasteiger charge is 2.58. The van der Waals surface area contributed by atoms with Gasteiger partial charge in [-0.05, 0) is 6.92 Å². The van der Waals surface area contributed by atoms with Crippen molar-refractivity contribution < 1.29 is 28.7 Å². The van der Waals surface area contributed by atoms with Crippen LogP contribution in [0.15, 0.2) is 30.3 Å². The zero-order valence-electron chi connectivity index (χ0n) is 11.0. The van der Waals surface area contributed by atoms with Gasteiger partial charge >= 0.3 is 0 Å². The van der Waals surface area contributed by atoms with E-state index < -0.39 is 41.2 Å². The number of hydrogen-bond acceptors (Lipinski definition) is 4. The molecule has 0 aromatic heterocycles. The van der Waals surface area contributed by atoms with Crippen LogP contribution in [0.5, 0.6) is 0 Å². The van der Waals surface area contributed by atoms with Gasteiger partial charge in [0.25, 0.3) is 6.09 Å². The average molecular weight is 280 g/mol. The van der Waals surface area contributed by atoms with E-state index in [4.69, 9.17) is 0 Å². The van der Waals surface area contributed by atoms with E-state index in [0.717, 1.165) is 0 Å². The number of likely N-dealkylation sites (tertiary alicyclic amines) is 1. The molecule has 6 heteroatoms. The molecule has 1 amide bonds. The van der Waals surface area contributed by atoms with Crippen LogP contribution in [0.2, 0.25) is 0 Å². The molecule has 1 aliphatic rings. The Morgan fingerprint density at radius 3 is 2.45 bits per heavy atom. The quantitative estimate of drug-likeness (QED) is 0.705. The summed E-state index contributed by atoms with van der Waals surface area (Å²) in [5.74, 6) is -1.57. The van der Waals surface area contributed by atoms with Crippen LogP contribution in [-0.2, 0) is 11.3 Å². The number of carbonyl (C=O) groups excluding carboxylic acids is 2. The SMILES string of the molecule is C[C@@]1(C(=O)[O-])C[C@@H](F)C[N+]1(Cc1ccccc1)C(=O)[O-]. The number of carboxylic acid groups (broad SMARTS) is 2. The Hall–Kier alpha value is -1.95. The van der Waals surface area contributed by atoms with Crippen molar-refractivity contribution in [1.29, 1.82) is 0 Å². The second-order valence-corrected chi connectivity index (χ2v) is 5.42. The van der Waals surface area contributed by atoms with E-state index in [2.05, 4.69) is 0 Å². The molecule has 0 aliphatic carbocycles. The number of benzene rings is 1. The van der Waals surface area contributed by atoms with E-state index in [-0.39, 0.29) is 6.54 Å². The lowest BCUT2D eigenvalue weighted by Crippen LogP contribution is -2.71. The normalized spacial score (nSPS) is 33.0. The van der Waals surface area contributed by atoms with Gasteiger partial charge < -0.3 is 19.8 Å². The average Bonchev–Trinajstić information content (AvgIpc) is 2.64. The molecule has 1 fully saturated rings. The first-order chi connectivity index (χ1) is 9.32. The summed E-state index contributed by atoms with van der Waals surface area (Å²) >= 11 is 0. The van der Waals surface area contributed by atoms with Gasteiger partial charge in [-0.15, -0.1) is 0 Å². The number of carbonyl (C=O) groups is 2. The van der Waals surface area contributed by atoms with Gasteiger partial charge in [-0.3, -0.25) is 4.48 Å². The van der Waals surface area contributed by atoms with E-state index in [1.165, 1.54) is 6.92 Å². The van der Waals surface area contributed by atoms with Crippen molar-refractivity contribution >= 4 is 12.1 Å². The third-order valence-electron chi connectivity index (χ3n) is 4.16. The van der Waals surface area contributed by atoms with Crippen molar-refractivity contribution in [2.45, 2.75) is 31.6 Å². The number of nitrogens with zero attached hydrogens (tertiary/aromatic N) is 1. The van der Waals surface area contributed by atoms with E-state index in [9.17, 15) is 24.2 Å². The largest absolute Gasteiger partial charge is 0.544 e. The zero-order chi connectivity index (χ0) is 15.0. The molecule has 20 heavy (non-hydrogen) atoms. The Bertz CT molecular complexity index is 535. The summed E-state index contributed by atoms with van der Waals surface area (Å²) in [6.07, 6.45) is -3.50. The first-order valence-electron chi connectivity index (χ1n) is 6.30. The maximum atomic E-state index is 13.7. The molecule has 5 nitrogen and oxygen atoms in total. The van der Waals surface area contributed by atoms with Crippen molar-refractivity contribution in [3.05, 3.63) is 35.9 Å². The standard InChI is InChI=1S/C14H16FNO4/c1-14(12(17)18)7-11(15)9-16(14,13(19)20)8-10-5-3-2-4-6-10/h2-6,11H,7-9H2,1H3,(H-,17,18,19,20)/p-1/t11-,14+,16?/m1/s1. The molecule has 0 bridgehead atoms. The maximum Gasteiger partial charge on any atom is 0.258 e. The van der Waals surface area contributed by atoms with Gasteiger partial charge in [-0.1, -0.05) is 30.3 Å². The molecule has 0 radical (unpaired) electrons. The fraction of sp³-hybridized carbons (Fsp3) is 0.429. The van der Waals surface area contributed by atoms with Crippen LogP contribution < -0.4 is 10.2 Å². The number of amides is 1. The van der Waals surface area contributed by atoms with Gasteiger partial charge in [-0.25, -0.2) is 4.39 Å². The number of halogens is 1. The number of rotatable bonds is 3. The van der Waals surface area contributed by atoms with E-state index in [1.54, 1.807) is 30.3 Å². The number of quaternary nitrogens is 1. The molecule has 1 unspecified atom stereocenters. The summed E-state index contributed by atoms with van der Waals surface area (Å²) in [6.45, 7) is 0.635. The highest BCUT2D eigenvalue weighted by atomic mass is 19.1. The van der Waals surface area contributed by atoms with Crippen molar-refractivity contribution in [1.82, 2.24) is 0 Å². The minimum absolute atomic E-state index is 0.145. The lowest BCUT2D eigenvalue weighted by Gasteiger charge is -2.46. The number of aliphatic carboxylic acids is 1. The van der Waals surface area contributed by atoms with Crippen molar-refractivity contribution in [3.8, 4) is 0 Å². The molecular formula is C14H15FNO4-. The second-order valence-electron chi connectivity index (χ2n) is 5.42. The molecule has 3 atom stereocenters. The number of hydrogen-bond donors (Lipinski definition) is 0. The first kappa shape index (κ1) is 14.5. The topological polar surface area (TPSA) is 80.3 Å². The van der Waals surface area contributed by atoms with Crippen molar-refractivity contribution in [3.63, 3.8) is 0 Å². The van der Waals surface area contributed by atoms with Crippen LogP contribution in [-0.4, -0.2) is 34.8 Å². The third kappa shape index (κ3) is 2.06. The molecule has 0 N–H and O–H groups in total. The van der Waals surface area contributed by atoms with Crippen LogP contribution in [0, 0.1) is 0 Å². The summed E-state index contributed by atoms with van der Waals surface area (Å²) < 4.78 is 12.8. The van der Waals surface area contributed by atoms with Crippen molar-refractivity contribution in [2.24, 2.45) is 0 Å². The van der Waals surface area contributed by atoms with E-state index >= 15 is 0 Å². The Labute approximate surface area is 115 Å². The molecule has 1 aromatic carbocycles. The molecule has 1 aromatic rings. The van der Waals surface area contributed by atoms with Gasteiger partial charge in [0.05, 0.1) is 0 Å². The van der Waals surface area contributed by atoms with E-state index in [0.29, 0.717) is 5.56 Å². The molecule has 108 valence electrons. The van der Waals surface area contributed by atoms with Gasteiger partial charge in [-0.2, -0.15) is 0 Å². The zero-order valence-corrected chi connectivity index (χ0v) is 11.0.